The van der Waals surface area contributed by atoms with Gasteiger partial charge in [0, 0.05) is 5.56 Å². The number of halogens is 4. The molecule has 2 N–H and O–H groups in total. The molecule has 148 valence electrons. The molecule has 9 heteroatoms. The summed E-state index contributed by atoms with van der Waals surface area (Å²) in [4.78, 5) is 22.8. The van der Waals surface area contributed by atoms with Gasteiger partial charge in [-0.05, 0) is 36.4 Å². The highest BCUT2D eigenvalue weighted by Gasteiger charge is 2.31. The maximum absolute atomic E-state index is 12.9. The minimum atomic E-state index is -4.62. The molecule has 0 spiro atoms. The Labute approximate surface area is 162 Å². The lowest BCUT2D eigenvalue weighted by molar-refractivity contribution is -0.139. The van der Waals surface area contributed by atoms with Gasteiger partial charge in [-0.15, -0.1) is 0 Å². The normalized spacial score (nSPS) is 11.6. The van der Waals surface area contributed by atoms with Gasteiger partial charge in [0.1, 0.15) is 11.5 Å². The number of alkyl halides is 3. The van der Waals surface area contributed by atoms with Gasteiger partial charge in [0.25, 0.3) is 0 Å². The second-order valence-electron chi connectivity index (χ2n) is 5.58. The van der Waals surface area contributed by atoms with Crippen LogP contribution in [-0.4, -0.2) is 28.6 Å². The van der Waals surface area contributed by atoms with E-state index < -0.39 is 35.7 Å². The summed E-state index contributed by atoms with van der Waals surface area (Å²) >= 11 is 5.74. The number of carbonyl (C=O) groups is 2. The lowest BCUT2D eigenvalue weighted by Crippen LogP contribution is -2.08. The van der Waals surface area contributed by atoms with Crippen LogP contribution in [0.4, 0.5) is 13.2 Å². The number of carboxylic acid groups (broad SMARTS) is 1. The molecule has 0 radical (unpaired) electrons. The van der Waals surface area contributed by atoms with Crippen molar-refractivity contribution in [1.82, 2.24) is 0 Å². The molecule has 0 saturated heterocycles. The number of aliphatic carboxylic acids is 1. The summed E-state index contributed by atoms with van der Waals surface area (Å²) in [5, 5.41) is 18.4. The van der Waals surface area contributed by atoms with Crippen molar-refractivity contribution in [3.63, 3.8) is 0 Å². The average molecular weight is 415 g/mol. The van der Waals surface area contributed by atoms with Crippen LogP contribution >= 0.6 is 11.6 Å². The summed E-state index contributed by atoms with van der Waals surface area (Å²) < 4.78 is 43.9. The number of ketones is 1. The number of rotatable bonds is 7. The zero-order valence-electron chi connectivity index (χ0n) is 14.2. The zero-order valence-corrected chi connectivity index (χ0v) is 14.9. The molecule has 0 aliphatic heterocycles. The van der Waals surface area contributed by atoms with Crippen molar-refractivity contribution in [2.45, 2.75) is 12.6 Å². The Balaban J connectivity index is 2.32. The summed E-state index contributed by atoms with van der Waals surface area (Å²) in [5.41, 5.74) is -0.925. The second kappa shape index (κ2) is 8.79. The van der Waals surface area contributed by atoms with E-state index >= 15 is 0 Å². The topological polar surface area (TPSA) is 83.8 Å². The third kappa shape index (κ3) is 5.50. The van der Waals surface area contributed by atoms with Crippen LogP contribution in [0, 0.1) is 0 Å². The molecule has 0 fully saturated rings. The van der Waals surface area contributed by atoms with Gasteiger partial charge in [-0.3, -0.25) is 9.59 Å². The number of phenolic OH excluding ortho intramolecular Hbond substituents is 1. The van der Waals surface area contributed by atoms with Crippen LogP contribution < -0.4 is 4.74 Å². The Morgan fingerprint density at radius 3 is 2.54 bits per heavy atom. The zero-order chi connectivity index (χ0) is 20.9. The third-order valence-electron chi connectivity index (χ3n) is 3.58. The standard InChI is InChI=1S/C19H14ClF3O5/c20-14-3-1-2-13(18(14)27)15(24)7-5-11-4-6-12(19(21,22)23)10-16(11)28-9-8-17(25)26/h1-7,10,27H,8-9H2,(H,25,26)/b7-5+. The number of hydrogen-bond donors (Lipinski definition) is 2. The molecule has 2 rings (SSSR count). The minimum absolute atomic E-state index is 0.0218. The number of allylic oxidation sites excluding steroid dienone is 1. The monoisotopic (exact) mass is 414 g/mol. The van der Waals surface area contributed by atoms with E-state index in [0.717, 1.165) is 24.3 Å². The Kier molecular flexibility index (Phi) is 6.69. The number of aromatic hydroxyl groups is 1. The summed E-state index contributed by atoms with van der Waals surface area (Å²) in [6.45, 7) is -0.347. The van der Waals surface area contributed by atoms with E-state index in [1.807, 2.05) is 0 Å². The van der Waals surface area contributed by atoms with Crippen molar-refractivity contribution in [2.24, 2.45) is 0 Å². The molecule has 0 aliphatic rings. The molecule has 0 heterocycles. The fraction of sp³-hybridized carbons (Fsp3) is 0.158. The molecule has 0 unspecified atom stereocenters. The fourth-order valence-corrected chi connectivity index (χ4v) is 2.37. The number of benzene rings is 2. The molecule has 28 heavy (non-hydrogen) atoms. The van der Waals surface area contributed by atoms with Gasteiger partial charge in [-0.2, -0.15) is 13.2 Å². The van der Waals surface area contributed by atoms with Gasteiger partial charge in [0.2, 0.25) is 0 Å². The number of carbonyl (C=O) groups excluding carboxylic acids is 1. The fourth-order valence-electron chi connectivity index (χ4n) is 2.19. The van der Waals surface area contributed by atoms with E-state index in [4.69, 9.17) is 21.4 Å². The summed E-state index contributed by atoms with van der Waals surface area (Å²) in [5.74, 6) is -2.44. The second-order valence-corrected chi connectivity index (χ2v) is 5.98. The van der Waals surface area contributed by atoms with Gasteiger partial charge < -0.3 is 14.9 Å². The van der Waals surface area contributed by atoms with Crippen LogP contribution in [0.25, 0.3) is 6.08 Å². The molecule has 0 saturated carbocycles. The van der Waals surface area contributed by atoms with Crippen LogP contribution in [0.15, 0.2) is 42.5 Å². The smallest absolute Gasteiger partial charge is 0.416 e. The Bertz CT molecular complexity index is 922. The number of ether oxygens (including phenoxy) is 1. The Morgan fingerprint density at radius 2 is 1.89 bits per heavy atom. The minimum Gasteiger partial charge on any atom is -0.506 e. The number of para-hydroxylation sites is 1. The molecule has 5 nitrogen and oxygen atoms in total. The molecule has 0 aromatic heterocycles. The van der Waals surface area contributed by atoms with E-state index in [1.165, 1.54) is 24.3 Å². The summed E-state index contributed by atoms with van der Waals surface area (Å²) in [6.07, 6.45) is -2.78. The number of hydrogen-bond acceptors (Lipinski definition) is 4. The van der Waals surface area contributed by atoms with E-state index in [1.54, 1.807) is 0 Å². The molecule has 0 atom stereocenters. The van der Waals surface area contributed by atoms with E-state index in [0.29, 0.717) is 0 Å². The van der Waals surface area contributed by atoms with Crippen molar-refractivity contribution in [3.05, 3.63) is 64.2 Å². The van der Waals surface area contributed by atoms with Gasteiger partial charge in [0.15, 0.2) is 5.78 Å². The Hall–Kier alpha value is -3.00. The Morgan fingerprint density at radius 1 is 1.18 bits per heavy atom. The maximum Gasteiger partial charge on any atom is 0.416 e. The molecule has 0 aliphatic carbocycles. The van der Waals surface area contributed by atoms with Crippen molar-refractivity contribution >= 4 is 29.4 Å². The maximum atomic E-state index is 12.9. The first-order chi connectivity index (χ1) is 13.1. The molecular formula is C19H14ClF3O5. The predicted octanol–water partition coefficient (Wildman–Crippen LogP) is 4.81. The number of phenols is 1. The largest absolute Gasteiger partial charge is 0.506 e. The third-order valence-corrected chi connectivity index (χ3v) is 3.89. The van der Waals surface area contributed by atoms with Crippen molar-refractivity contribution in [3.8, 4) is 11.5 Å². The summed E-state index contributed by atoms with van der Waals surface area (Å²) in [6, 6.07) is 6.82. The highest BCUT2D eigenvalue weighted by molar-refractivity contribution is 6.32. The van der Waals surface area contributed by atoms with E-state index in [9.17, 15) is 27.9 Å². The molecule has 2 aromatic carbocycles. The quantitative estimate of drug-likeness (QED) is 0.501. The predicted molar refractivity (Wildman–Crippen MR) is 95.7 cm³/mol. The molecular weight excluding hydrogens is 401 g/mol. The van der Waals surface area contributed by atoms with E-state index in [-0.39, 0.29) is 28.5 Å². The van der Waals surface area contributed by atoms with Crippen molar-refractivity contribution in [2.75, 3.05) is 6.61 Å². The molecule has 0 amide bonds. The molecule has 0 bridgehead atoms. The highest BCUT2D eigenvalue weighted by atomic mass is 35.5. The lowest BCUT2D eigenvalue weighted by atomic mass is 10.1. The summed E-state index contributed by atoms with van der Waals surface area (Å²) in [7, 11) is 0. The van der Waals surface area contributed by atoms with Gasteiger partial charge >= 0.3 is 12.1 Å². The molecule has 2 aromatic rings. The first kappa shape index (κ1) is 21.3. The van der Waals surface area contributed by atoms with Gasteiger partial charge in [-0.1, -0.05) is 23.7 Å². The van der Waals surface area contributed by atoms with Crippen LogP contribution in [0.5, 0.6) is 11.5 Å². The SMILES string of the molecule is O=C(O)CCOc1cc(C(F)(F)F)ccc1/C=C/C(=O)c1cccc(Cl)c1O. The highest BCUT2D eigenvalue weighted by Crippen LogP contribution is 2.34. The first-order valence-electron chi connectivity index (χ1n) is 7.85. The lowest BCUT2D eigenvalue weighted by Gasteiger charge is -2.12. The average Bonchev–Trinajstić information content (AvgIpc) is 2.61. The van der Waals surface area contributed by atoms with Crippen molar-refractivity contribution < 1.29 is 37.7 Å². The first-order valence-corrected chi connectivity index (χ1v) is 8.23. The van der Waals surface area contributed by atoms with Gasteiger partial charge in [-0.25, -0.2) is 0 Å². The van der Waals surface area contributed by atoms with Crippen LogP contribution in [-0.2, 0) is 11.0 Å². The van der Waals surface area contributed by atoms with Gasteiger partial charge in [0.05, 0.1) is 29.2 Å². The van der Waals surface area contributed by atoms with E-state index in [2.05, 4.69) is 0 Å². The van der Waals surface area contributed by atoms with Crippen LogP contribution in [0.2, 0.25) is 5.02 Å². The number of carboxylic acids is 1. The van der Waals surface area contributed by atoms with Crippen LogP contribution in [0.1, 0.15) is 27.9 Å². The van der Waals surface area contributed by atoms with Crippen molar-refractivity contribution in [1.29, 1.82) is 0 Å². The van der Waals surface area contributed by atoms with Crippen LogP contribution in [0.3, 0.4) is 0 Å².